The van der Waals surface area contributed by atoms with Gasteiger partial charge in [-0.25, -0.2) is 0 Å². The Labute approximate surface area is 113 Å². The summed E-state index contributed by atoms with van der Waals surface area (Å²) in [7, 11) is 0. The van der Waals surface area contributed by atoms with Gasteiger partial charge in [-0.1, -0.05) is 13.8 Å². The molecule has 0 aliphatic carbocycles. The molecule has 1 aliphatic rings. The number of hydrogen-bond acceptors (Lipinski definition) is 3. The highest BCUT2D eigenvalue weighted by Crippen LogP contribution is 2.14. The monoisotopic (exact) mass is 256 g/mol. The molecule has 0 aromatic carbocycles. The molecule has 1 N–H and O–H groups in total. The lowest BCUT2D eigenvalue weighted by Gasteiger charge is -2.39. The smallest absolute Gasteiger partial charge is 0.0600 e. The summed E-state index contributed by atoms with van der Waals surface area (Å²) in [6.07, 6.45) is 1.27. The molecule has 1 rings (SSSR count). The normalized spacial score (nSPS) is 26.8. The standard InChI is InChI=1S/C15H32N2O/c1-12(2)9-14-11-17(13(3)10-16-14)7-8-18-15(4,5)6/h12-14,16H,7-11H2,1-6H3. The average Bonchev–Trinajstić information content (AvgIpc) is 2.20. The zero-order chi connectivity index (χ0) is 13.8. The maximum Gasteiger partial charge on any atom is 0.0600 e. The van der Waals surface area contributed by atoms with Crippen LogP contribution in [0.15, 0.2) is 0 Å². The number of piperazine rings is 1. The van der Waals surface area contributed by atoms with Crippen LogP contribution in [0.3, 0.4) is 0 Å². The van der Waals surface area contributed by atoms with Gasteiger partial charge in [-0.05, 0) is 40.0 Å². The third-order valence-electron chi connectivity index (χ3n) is 3.45. The minimum absolute atomic E-state index is 0.0192. The van der Waals surface area contributed by atoms with Crippen molar-refractivity contribution in [3.8, 4) is 0 Å². The van der Waals surface area contributed by atoms with E-state index in [2.05, 4.69) is 51.8 Å². The second kappa shape index (κ2) is 6.88. The minimum Gasteiger partial charge on any atom is -0.375 e. The summed E-state index contributed by atoms with van der Waals surface area (Å²) in [5.74, 6) is 0.767. The second-order valence-corrected chi connectivity index (χ2v) is 7.04. The summed E-state index contributed by atoms with van der Waals surface area (Å²) < 4.78 is 5.83. The van der Waals surface area contributed by atoms with Crippen molar-refractivity contribution in [2.24, 2.45) is 5.92 Å². The molecule has 0 saturated carbocycles. The number of hydrogen-bond donors (Lipinski definition) is 1. The van der Waals surface area contributed by atoms with E-state index < -0.39 is 0 Å². The maximum absolute atomic E-state index is 5.83. The molecule has 3 nitrogen and oxygen atoms in total. The molecule has 0 bridgehead atoms. The van der Waals surface area contributed by atoms with Crippen molar-refractivity contribution in [3.05, 3.63) is 0 Å². The van der Waals surface area contributed by atoms with E-state index in [1.165, 1.54) is 6.42 Å². The van der Waals surface area contributed by atoms with E-state index >= 15 is 0 Å². The third-order valence-corrected chi connectivity index (χ3v) is 3.45. The van der Waals surface area contributed by atoms with E-state index in [-0.39, 0.29) is 5.60 Å². The van der Waals surface area contributed by atoms with Crippen molar-refractivity contribution >= 4 is 0 Å². The number of rotatable bonds is 5. The molecule has 1 saturated heterocycles. The fraction of sp³-hybridized carbons (Fsp3) is 1.00. The summed E-state index contributed by atoms with van der Waals surface area (Å²) in [4.78, 5) is 2.56. The Hall–Kier alpha value is -0.120. The zero-order valence-corrected chi connectivity index (χ0v) is 13.1. The summed E-state index contributed by atoms with van der Waals surface area (Å²) in [6, 6.07) is 1.27. The van der Waals surface area contributed by atoms with Crippen LogP contribution in [-0.4, -0.2) is 48.8 Å². The van der Waals surface area contributed by atoms with E-state index in [9.17, 15) is 0 Å². The van der Waals surface area contributed by atoms with E-state index in [0.29, 0.717) is 12.1 Å². The Kier molecular flexibility index (Phi) is 6.09. The van der Waals surface area contributed by atoms with Crippen LogP contribution in [0.1, 0.15) is 48.0 Å². The summed E-state index contributed by atoms with van der Waals surface area (Å²) in [5, 5.41) is 3.65. The molecule has 1 fully saturated rings. The molecule has 0 radical (unpaired) electrons. The predicted molar refractivity (Wildman–Crippen MR) is 78.0 cm³/mol. The van der Waals surface area contributed by atoms with Gasteiger partial charge in [0, 0.05) is 31.7 Å². The third kappa shape index (κ3) is 6.17. The van der Waals surface area contributed by atoms with Crippen LogP contribution in [0.4, 0.5) is 0 Å². The van der Waals surface area contributed by atoms with E-state index in [0.717, 1.165) is 32.2 Å². The molecule has 1 heterocycles. The number of ether oxygens (including phenoxy) is 1. The first-order valence-corrected chi connectivity index (χ1v) is 7.39. The lowest BCUT2D eigenvalue weighted by atomic mass is 10.0. The topological polar surface area (TPSA) is 24.5 Å². The fourth-order valence-corrected chi connectivity index (χ4v) is 2.50. The highest BCUT2D eigenvalue weighted by Gasteiger charge is 2.25. The van der Waals surface area contributed by atoms with Gasteiger partial charge in [0.1, 0.15) is 0 Å². The van der Waals surface area contributed by atoms with Gasteiger partial charge in [-0.2, -0.15) is 0 Å². The first-order valence-electron chi connectivity index (χ1n) is 7.39. The molecule has 0 aromatic rings. The molecule has 3 heteroatoms. The van der Waals surface area contributed by atoms with Crippen LogP contribution >= 0.6 is 0 Å². The largest absolute Gasteiger partial charge is 0.375 e. The van der Waals surface area contributed by atoms with Crippen molar-refractivity contribution in [2.75, 3.05) is 26.2 Å². The Morgan fingerprint density at radius 3 is 2.56 bits per heavy atom. The number of nitrogens with zero attached hydrogens (tertiary/aromatic N) is 1. The molecule has 108 valence electrons. The highest BCUT2D eigenvalue weighted by molar-refractivity contribution is 4.84. The molecule has 0 aromatic heterocycles. The van der Waals surface area contributed by atoms with Gasteiger partial charge in [-0.15, -0.1) is 0 Å². The van der Waals surface area contributed by atoms with Crippen LogP contribution in [-0.2, 0) is 4.74 Å². The van der Waals surface area contributed by atoms with Crippen LogP contribution in [0.25, 0.3) is 0 Å². The number of nitrogens with one attached hydrogen (secondary N) is 1. The zero-order valence-electron chi connectivity index (χ0n) is 13.1. The lowest BCUT2D eigenvalue weighted by molar-refractivity contribution is -0.0214. The van der Waals surface area contributed by atoms with Gasteiger partial charge in [0.15, 0.2) is 0 Å². The Bertz CT molecular complexity index is 235. The lowest BCUT2D eigenvalue weighted by Crippen LogP contribution is -2.56. The van der Waals surface area contributed by atoms with Gasteiger partial charge in [0.05, 0.1) is 12.2 Å². The van der Waals surface area contributed by atoms with Crippen molar-refractivity contribution in [1.82, 2.24) is 10.2 Å². The van der Waals surface area contributed by atoms with Gasteiger partial charge in [0.25, 0.3) is 0 Å². The SMILES string of the molecule is CC(C)CC1CN(CCOC(C)(C)C)C(C)CN1. The van der Waals surface area contributed by atoms with Crippen LogP contribution in [0, 0.1) is 5.92 Å². The van der Waals surface area contributed by atoms with E-state index in [4.69, 9.17) is 4.74 Å². The first kappa shape index (κ1) is 15.9. The van der Waals surface area contributed by atoms with Gasteiger partial charge in [0.2, 0.25) is 0 Å². The quantitative estimate of drug-likeness (QED) is 0.818. The Balaban J connectivity index is 2.33. The molecule has 2 atom stereocenters. The van der Waals surface area contributed by atoms with Crippen LogP contribution in [0.2, 0.25) is 0 Å². The Morgan fingerprint density at radius 2 is 2.00 bits per heavy atom. The van der Waals surface area contributed by atoms with Gasteiger partial charge in [-0.3, -0.25) is 4.90 Å². The summed E-state index contributed by atoms with van der Waals surface area (Å²) in [5.41, 5.74) is -0.0192. The summed E-state index contributed by atoms with van der Waals surface area (Å²) in [6.45, 7) is 17.4. The minimum atomic E-state index is -0.0192. The summed E-state index contributed by atoms with van der Waals surface area (Å²) >= 11 is 0. The molecule has 2 unspecified atom stereocenters. The van der Waals surface area contributed by atoms with Crippen molar-refractivity contribution in [3.63, 3.8) is 0 Å². The van der Waals surface area contributed by atoms with E-state index in [1.54, 1.807) is 0 Å². The first-order chi connectivity index (χ1) is 8.28. The molecule has 0 spiro atoms. The highest BCUT2D eigenvalue weighted by atomic mass is 16.5. The Morgan fingerprint density at radius 1 is 1.33 bits per heavy atom. The van der Waals surface area contributed by atoms with Crippen molar-refractivity contribution in [2.45, 2.75) is 65.6 Å². The molecular formula is C15H32N2O. The molecule has 18 heavy (non-hydrogen) atoms. The fourth-order valence-electron chi connectivity index (χ4n) is 2.50. The maximum atomic E-state index is 5.83. The molecule has 1 aliphatic heterocycles. The predicted octanol–water partition coefficient (Wildman–Crippen LogP) is 2.51. The van der Waals surface area contributed by atoms with Gasteiger partial charge < -0.3 is 10.1 Å². The average molecular weight is 256 g/mol. The second-order valence-electron chi connectivity index (χ2n) is 7.04. The van der Waals surface area contributed by atoms with Crippen molar-refractivity contribution < 1.29 is 4.74 Å². The van der Waals surface area contributed by atoms with Crippen LogP contribution in [0.5, 0.6) is 0 Å². The molecule has 0 amide bonds. The van der Waals surface area contributed by atoms with E-state index in [1.807, 2.05) is 0 Å². The van der Waals surface area contributed by atoms with Crippen molar-refractivity contribution in [1.29, 1.82) is 0 Å². The molecular weight excluding hydrogens is 224 g/mol. The van der Waals surface area contributed by atoms with Crippen LogP contribution < -0.4 is 5.32 Å². The van der Waals surface area contributed by atoms with Gasteiger partial charge >= 0.3 is 0 Å².